The van der Waals surface area contributed by atoms with E-state index in [1.165, 1.54) is 11.8 Å². The molecule has 4 nitrogen and oxygen atoms in total. The highest BCUT2D eigenvalue weighted by atomic mass is 32.2. The first-order chi connectivity index (χ1) is 9.19. The van der Waals surface area contributed by atoms with Crippen molar-refractivity contribution in [1.29, 1.82) is 0 Å². The second-order valence-corrected chi connectivity index (χ2v) is 5.46. The van der Waals surface area contributed by atoms with Crippen LogP contribution in [0.3, 0.4) is 0 Å². The van der Waals surface area contributed by atoms with Crippen LogP contribution in [0, 0.1) is 0 Å². The minimum atomic E-state index is -0.152. The van der Waals surface area contributed by atoms with Crippen molar-refractivity contribution in [2.24, 2.45) is 0 Å². The lowest BCUT2D eigenvalue weighted by molar-refractivity contribution is -0.115. The highest BCUT2D eigenvalue weighted by Crippen LogP contribution is 2.24. The number of thioether (sulfide) groups is 1. The summed E-state index contributed by atoms with van der Waals surface area (Å²) in [6.45, 7) is 4.49. The Balaban J connectivity index is 2.55. The van der Waals surface area contributed by atoms with Gasteiger partial charge >= 0.3 is 0 Å². The van der Waals surface area contributed by atoms with Gasteiger partial charge in [-0.1, -0.05) is 12.1 Å². The van der Waals surface area contributed by atoms with Gasteiger partial charge in [0.25, 0.3) is 0 Å². The van der Waals surface area contributed by atoms with E-state index >= 15 is 0 Å². The average molecular weight is 283 g/mol. The van der Waals surface area contributed by atoms with Gasteiger partial charge in [0.05, 0.1) is 17.5 Å². The molecular formula is C14H21NO3S. The van der Waals surface area contributed by atoms with Gasteiger partial charge < -0.3 is 15.2 Å². The Kier molecular flexibility index (Phi) is 7.36. The molecule has 0 saturated heterocycles. The minimum Gasteiger partial charge on any atom is -0.492 e. The van der Waals surface area contributed by atoms with Crippen LogP contribution in [0.5, 0.6) is 5.75 Å². The lowest BCUT2D eigenvalue weighted by Crippen LogP contribution is -2.23. The zero-order chi connectivity index (χ0) is 14.1. The summed E-state index contributed by atoms with van der Waals surface area (Å²) in [5, 5.41) is 11.4. The molecule has 0 spiro atoms. The number of hydrogen-bond acceptors (Lipinski definition) is 4. The Morgan fingerprint density at radius 3 is 2.89 bits per heavy atom. The van der Waals surface area contributed by atoms with Crippen molar-refractivity contribution in [3.05, 3.63) is 24.3 Å². The molecular weight excluding hydrogens is 262 g/mol. The second-order valence-electron chi connectivity index (χ2n) is 4.01. The van der Waals surface area contributed by atoms with Crippen molar-refractivity contribution in [3.63, 3.8) is 0 Å². The van der Waals surface area contributed by atoms with E-state index in [4.69, 9.17) is 9.84 Å². The smallest absolute Gasteiger partial charge is 0.237 e. The Morgan fingerprint density at radius 2 is 2.21 bits per heavy atom. The standard InChI is InChI=1S/C14H21NO3S/c1-3-18-13-8-5-4-7-12(13)15-14(17)11(2)19-10-6-9-16/h4-5,7-8,11,16H,3,6,9-10H2,1-2H3,(H,15,17). The maximum Gasteiger partial charge on any atom is 0.237 e. The van der Waals surface area contributed by atoms with Crippen molar-refractivity contribution in [2.45, 2.75) is 25.5 Å². The molecule has 1 aromatic carbocycles. The summed E-state index contributed by atoms with van der Waals surface area (Å²) < 4.78 is 5.46. The Bertz CT molecular complexity index is 398. The van der Waals surface area contributed by atoms with Crippen LogP contribution in [0.2, 0.25) is 0 Å². The molecule has 1 amide bonds. The van der Waals surface area contributed by atoms with E-state index < -0.39 is 0 Å². The first-order valence-corrected chi connectivity index (χ1v) is 7.49. The first-order valence-electron chi connectivity index (χ1n) is 6.44. The molecule has 1 unspecified atom stereocenters. The third kappa shape index (κ3) is 5.53. The molecule has 19 heavy (non-hydrogen) atoms. The quantitative estimate of drug-likeness (QED) is 0.720. The molecule has 2 N–H and O–H groups in total. The highest BCUT2D eigenvalue weighted by molar-refractivity contribution is 8.00. The number of anilines is 1. The lowest BCUT2D eigenvalue weighted by atomic mass is 10.3. The van der Waals surface area contributed by atoms with Gasteiger partial charge in [-0.3, -0.25) is 4.79 Å². The van der Waals surface area contributed by atoms with Gasteiger partial charge in [0.1, 0.15) is 5.75 Å². The average Bonchev–Trinajstić information content (AvgIpc) is 2.41. The van der Waals surface area contributed by atoms with E-state index in [0.29, 0.717) is 24.5 Å². The molecule has 0 heterocycles. The van der Waals surface area contributed by atoms with E-state index in [1.54, 1.807) is 0 Å². The molecule has 0 fully saturated rings. The summed E-state index contributed by atoms with van der Waals surface area (Å²) >= 11 is 1.53. The summed E-state index contributed by atoms with van der Waals surface area (Å²) in [4.78, 5) is 12.0. The summed E-state index contributed by atoms with van der Waals surface area (Å²) in [5.41, 5.74) is 0.698. The molecule has 0 radical (unpaired) electrons. The number of nitrogens with one attached hydrogen (secondary N) is 1. The number of carbonyl (C=O) groups is 1. The first kappa shape index (κ1) is 15.9. The number of ether oxygens (including phenoxy) is 1. The highest BCUT2D eigenvalue weighted by Gasteiger charge is 2.14. The largest absolute Gasteiger partial charge is 0.492 e. The molecule has 0 saturated carbocycles. The molecule has 1 aromatic rings. The van der Waals surface area contributed by atoms with Crippen molar-refractivity contribution < 1.29 is 14.6 Å². The molecule has 1 rings (SSSR count). The van der Waals surface area contributed by atoms with Crippen LogP contribution in [0.4, 0.5) is 5.69 Å². The molecule has 1 atom stereocenters. The van der Waals surface area contributed by atoms with Crippen LogP contribution >= 0.6 is 11.8 Å². The number of rotatable bonds is 8. The number of para-hydroxylation sites is 2. The molecule has 0 aliphatic rings. The second kappa shape index (κ2) is 8.82. The summed E-state index contributed by atoms with van der Waals surface area (Å²) in [6, 6.07) is 7.40. The molecule has 106 valence electrons. The van der Waals surface area contributed by atoms with E-state index in [-0.39, 0.29) is 17.8 Å². The molecule has 0 bridgehead atoms. The fourth-order valence-corrected chi connectivity index (χ4v) is 2.35. The number of carbonyl (C=O) groups excluding carboxylic acids is 1. The fourth-order valence-electron chi connectivity index (χ4n) is 1.49. The number of hydrogen-bond donors (Lipinski definition) is 2. The van der Waals surface area contributed by atoms with Crippen LogP contribution in [0.25, 0.3) is 0 Å². The van der Waals surface area contributed by atoms with Crippen molar-refractivity contribution >= 4 is 23.4 Å². The summed E-state index contributed by atoms with van der Waals surface area (Å²) in [6.07, 6.45) is 0.706. The normalized spacial score (nSPS) is 11.9. The number of aliphatic hydroxyl groups is 1. The third-order valence-electron chi connectivity index (χ3n) is 2.48. The van der Waals surface area contributed by atoms with E-state index in [0.717, 1.165) is 5.75 Å². The zero-order valence-electron chi connectivity index (χ0n) is 11.4. The van der Waals surface area contributed by atoms with Gasteiger partial charge in [0, 0.05) is 6.61 Å². The third-order valence-corrected chi connectivity index (χ3v) is 3.72. The van der Waals surface area contributed by atoms with Crippen molar-refractivity contribution in [1.82, 2.24) is 0 Å². The van der Waals surface area contributed by atoms with Gasteiger partial charge in [-0.15, -0.1) is 11.8 Å². The zero-order valence-corrected chi connectivity index (χ0v) is 12.2. The lowest BCUT2D eigenvalue weighted by Gasteiger charge is -2.14. The maximum absolute atomic E-state index is 12.0. The topological polar surface area (TPSA) is 58.6 Å². The molecule has 0 aromatic heterocycles. The SMILES string of the molecule is CCOc1ccccc1NC(=O)C(C)SCCCO. The minimum absolute atomic E-state index is 0.0462. The Morgan fingerprint density at radius 1 is 1.47 bits per heavy atom. The van der Waals surface area contributed by atoms with Gasteiger partial charge in [-0.25, -0.2) is 0 Å². The van der Waals surface area contributed by atoms with Gasteiger partial charge in [0.15, 0.2) is 0 Å². The predicted octanol–water partition coefficient (Wildman–Crippen LogP) is 2.53. The Labute approximate surface area is 118 Å². The van der Waals surface area contributed by atoms with Gasteiger partial charge in [-0.05, 0) is 38.2 Å². The monoisotopic (exact) mass is 283 g/mol. The van der Waals surface area contributed by atoms with Crippen LogP contribution in [-0.2, 0) is 4.79 Å². The molecule has 5 heteroatoms. The number of benzene rings is 1. The molecule has 0 aliphatic carbocycles. The fraction of sp³-hybridized carbons (Fsp3) is 0.500. The van der Waals surface area contributed by atoms with Crippen LogP contribution < -0.4 is 10.1 Å². The summed E-state index contributed by atoms with van der Waals surface area (Å²) in [7, 11) is 0. The number of amides is 1. The van der Waals surface area contributed by atoms with E-state index in [9.17, 15) is 4.79 Å². The maximum atomic E-state index is 12.0. The van der Waals surface area contributed by atoms with Gasteiger partial charge in [-0.2, -0.15) is 0 Å². The molecule has 0 aliphatic heterocycles. The van der Waals surface area contributed by atoms with Crippen LogP contribution in [0.1, 0.15) is 20.3 Å². The Hall–Kier alpha value is -1.20. The van der Waals surface area contributed by atoms with Gasteiger partial charge in [0.2, 0.25) is 5.91 Å². The summed E-state index contributed by atoms with van der Waals surface area (Å²) in [5.74, 6) is 1.42. The van der Waals surface area contributed by atoms with Crippen LogP contribution in [0.15, 0.2) is 24.3 Å². The van der Waals surface area contributed by atoms with E-state index in [2.05, 4.69) is 5.32 Å². The number of aliphatic hydroxyl groups excluding tert-OH is 1. The van der Waals surface area contributed by atoms with Crippen molar-refractivity contribution in [2.75, 3.05) is 24.3 Å². The van der Waals surface area contributed by atoms with Crippen LogP contribution in [-0.4, -0.2) is 35.2 Å². The van der Waals surface area contributed by atoms with E-state index in [1.807, 2.05) is 38.1 Å². The predicted molar refractivity (Wildman–Crippen MR) is 79.9 cm³/mol. The van der Waals surface area contributed by atoms with Crippen molar-refractivity contribution in [3.8, 4) is 5.75 Å².